The van der Waals surface area contributed by atoms with Gasteiger partial charge in [0.05, 0.1) is 10.7 Å². The minimum absolute atomic E-state index is 0.159. The predicted octanol–water partition coefficient (Wildman–Crippen LogP) is 2.81. The third kappa shape index (κ3) is 3.95. The Morgan fingerprint density at radius 3 is 2.79 bits per heavy atom. The Labute approximate surface area is 94.7 Å². The highest BCUT2D eigenvalue weighted by molar-refractivity contribution is 7.09. The molecule has 0 aliphatic rings. The van der Waals surface area contributed by atoms with Gasteiger partial charge < -0.3 is 5.32 Å². The van der Waals surface area contributed by atoms with Gasteiger partial charge in [-0.15, -0.1) is 22.9 Å². The van der Waals surface area contributed by atoms with Gasteiger partial charge in [0.1, 0.15) is 0 Å². The molecular formula is C10H17ClN2S. The Morgan fingerprint density at radius 2 is 2.29 bits per heavy atom. The van der Waals surface area contributed by atoms with Crippen molar-refractivity contribution in [1.82, 2.24) is 10.3 Å². The van der Waals surface area contributed by atoms with Crippen LogP contribution in [0.25, 0.3) is 0 Å². The fourth-order valence-electron chi connectivity index (χ4n) is 1.07. The number of hydrogen-bond donors (Lipinski definition) is 1. The molecule has 1 aromatic rings. The molecule has 80 valence electrons. The van der Waals surface area contributed by atoms with Crippen molar-refractivity contribution < 1.29 is 0 Å². The molecule has 0 bridgehead atoms. The molecule has 1 heterocycles. The number of thiazole rings is 1. The van der Waals surface area contributed by atoms with Gasteiger partial charge in [0.25, 0.3) is 0 Å². The third-order valence-electron chi connectivity index (χ3n) is 1.94. The maximum Gasteiger partial charge on any atom is 0.0897 e. The maximum absolute atomic E-state index is 5.83. The molecule has 4 heteroatoms. The number of halogens is 1. The summed E-state index contributed by atoms with van der Waals surface area (Å²) in [6.45, 7) is 8.09. The van der Waals surface area contributed by atoms with Crippen molar-refractivity contribution in [3.05, 3.63) is 16.1 Å². The number of aryl methyl sites for hydroxylation is 1. The van der Waals surface area contributed by atoms with Crippen molar-refractivity contribution in [1.29, 1.82) is 0 Å². The molecule has 2 nitrogen and oxygen atoms in total. The molecule has 1 rings (SSSR count). The van der Waals surface area contributed by atoms with E-state index < -0.39 is 0 Å². The molecule has 0 atom stereocenters. The fraction of sp³-hybridized carbons (Fsp3) is 0.700. The first-order chi connectivity index (χ1) is 6.53. The minimum atomic E-state index is 0.159. The van der Waals surface area contributed by atoms with Gasteiger partial charge in [-0.2, -0.15) is 0 Å². The zero-order valence-corrected chi connectivity index (χ0v) is 10.5. The van der Waals surface area contributed by atoms with Crippen LogP contribution in [-0.4, -0.2) is 17.4 Å². The number of rotatable bonds is 5. The van der Waals surface area contributed by atoms with Crippen LogP contribution in [0, 0.1) is 12.3 Å². The molecule has 0 unspecified atom stereocenters. The standard InChI is InChI=1S/C10H17ClN2S/c1-8-13-9(5-14-8)4-12-7-10(2,3)6-11/h5,12H,4,6-7H2,1-3H3. The summed E-state index contributed by atoms with van der Waals surface area (Å²) in [6, 6.07) is 0. The van der Waals surface area contributed by atoms with Crippen molar-refractivity contribution in [3.8, 4) is 0 Å². The second-order valence-corrected chi connectivity index (χ2v) is 5.59. The molecule has 1 aromatic heterocycles. The van der Waals surface area contributed by atoms with Gasteiger partial charge in [0.2, 0.25) is 0 Å². The van der Waals surface area contributed by atoms with E-state index in [0.29, 0.717) is 5.88 Å². The molecule has 0 aliphatic heterocycles. The van der Waals surface area contributed by atoms with E-state index in [4.69, 9.17) is 11.6 Å². The Kier molecular flexibility index (Phi) is 4.35. The van der Waals surface area contributed by atoms with E-state index in [1.54, 1.807) is 11.3 Å². The molecular weight excluding hydrogens is 216 g/mol. The smallest absolute Gasteiger partial charge is 0.0897 e. The average molecular weight is 233 g/mol. The SMILES string of the molecule is Cc1nc(CNCC(C)(C)CCl)cs1. The van der Waals surface area contributed by atoms with Gasteiger partial charge >= 0.3 is 0 Å². The molecule has 0 saturated heterocycles. The van der Waals surface area contributed by atoms with E-state index in [1.165, 1.54) is 0 Å². The minimum Gasteiger partial charge on any atom is -0.311 e. The van der Waals surface area contributed by atoms with Gasteiger partial charge in [-0.3, -0.25) is 0 Å². The monoisotopic (exact) mass is 232 g/mol. The van der Waals surface area contributed by atoms with Crippen molar-refractivity contribution in [2.75, 3.05) is 12.4 Å². The second kappa shape index (κ2) is 5.10. The molecule has 0 amide bonds. The molecule has 0 fully saturated rings. The number of hydrogen-bond acceptors (Lipinski definition) is 3. The fourth-order valence-corrected chi connectivity index (χ4v) is 1.77. The summed E-state index contributed by atoms with van der Waals surface area (Å²) in [5.41, 5.74) is 1.28. The number of nitrogens with zero attached hydrogens (tertiary/aromatic N) is 1. The van der Waals surface area contributed by atoms with Gasteiger partial charge in [0, 0.05) is 24.3 Å². The Morgan fingerprint density at radius 1 is 1.57 bits per heavy atom. The largest absolute Gasteiger partial charge is 0.311 e. The first kappa shape index (κ1) is 12.0. The highest BCUT2D eigenvalue weighted by Gasteiger charge is 2.15. The molecule has 14 heavy (non-hydrogen) atoms. The quantitative estimate of drug-likeness (QED) is 0.790. The van der Waals surface area contributed by atoms with Crippen LogP contribution in [-0.2, 0) is 6.54 Å². The van der Waals surface area contributed by atoms with E-state index in [-0.39, 0.29) is 5.41 Å². The lowest BCUT2D eigenvalue weighted by Gasteiger charge is -2.21. The molecule has 1 N–H and O–H groups in total. The summed E-state index contributed by atoms with van der Waals surface area (Å²) in [5, 5.41) is 6.58. The first-order valence-electron chi connectivity index (χ1n) is 4.71. The summed E-state index contributed by atoms with van der Waals surface area (Å²) in [6.07, 6.45) is 0. The molecule has 0 radical (unpaired) electrons. The summed E-state index contributed by atoms with van der Waals surface area (Å²) in [4.78, 5) is 4.38. The predicted molar refractivity (Wildman–Crippen MR) is 63.1 cm³/mol. The highest BCUT2D eigenvalue weighted by Crippen LogP contribution is 2.15. The summed E-state index contributed by atoms with van der Waals surface area (Å²) < 4.78 is 0. The maximum atomic E-state index is 5.83. The number of alkyl halides is 1. The Balaban J connectivity index is 2.28. The lowest BCUT2D eigenvalue weighted by Crippen LogP contribution is -2.30. The van der Waals surface area contributed by atoms with Crippen molar-refractivity contribution in [2.24, 2.45) is 5.41 Å². The summed E-state index contributed by atoms with van der Waals surface area (Å²) >= 11 is 7.52. The summed E-state index contributed by atoms with van der Waals surface area (Å²) in [7, 11) is 0. The van der Waals surface area contributed by atoms with Crippen molar-refractivity contribution in [3.63, 3.8) is 0 Å². The number of nitrogens with one attached hydrogen (secondary N) is 1. The molecule has 0 spiro atoms. The van der Waals surface area contributed by atoms with Crippen LogP contribution in [0.5, 0.6) is 0 Å². The van der Waals surface area contributed by atoms with E-state index >= 15 is 0 Å². The van der Waals surface area contributed by atoms with Crippen LogP contribution < -0.4 is 5.32 Å². The van der Waals surface area contributed by atoms with Gasteiger partial charge in [-0.1, -0.05) is 13.8 Å². The van der Waals surface area contributed by atoms with Crippen LogP contribution in [0.1, 0.15) is 24.5 Å². The second-order valence-electron chi connectivity index (χ2n) is 4.26. The van der Waals surface area contributed by atoms with Crippen LogP contribution in [0.3, 0.4) is 0 Å². The lowest BCUT2D eigenvalue weighted by molar-refractivity contribution is 0.384. The molecule has 0 aromatic carbocycles. The van der Waals surface area contributed by atoms with E-state index in [2.05, 4.69) is 29.5 Å². The van der Waals surface area contributed by atoms with Gasteiger partial charge in [0.15, 0.2) is 0 Å². The number of aromatic nitrogens is 1. The van der Waals surface area contributed by atoms with Crippen molar-refractivity contribution >= 4 is 22.9 Å². The van der Waals surface area contributed by atoms with E-state index in [9.17, 15) is 0 Å². The van der Waals surface area contributed by atoms with E-state index in [1.807, 2.05) is 6.92 Å². The third-order valence-corrected chi connectivity index (χ3v) is 3.48. The van der Waals surface area contributed by atoms with Crippen LogP contribution in [0.15, 0.2) is 5.38 Å². The average Bonchev–Trinajstić information content (AvgIpc) is 2.51. The normalized spacial score (nSPS) is 12.0. The van der Waals surface area contributed by atoms with Gasteiger partial charge in [-0.05, 0) is 12.3 Å². The Bertz CT molecular complexity index is 283. The summed E-state index contributed by atoms with van der Waals surface area (Å²) in [5.74, 6) is 0.677. The lowest BCUT2D eigenvalue weighted by atomic mass is 9.97. The Hall–Kier alpha value is -0.120. The zero-order valence-electron chi connectivity index (χ0n) is 8.93. The van der Waals surface area contributed by atoms with Crippen LogP contribution in [0.4, 0.5) is 0 Å². The zero-order chi connectivity index (χ0) is 10.6. The van der Waals surface area contributed by atoms with Crippen LogP contribution in [0.2, 0.25) is 0 Å². The highest BCUT2D eigenvalue weighted by atomic mass is 35.5. The van der Waals surface area contributed by atoms with Crippen LogP contribution >= 0.6 is 22.9 Å². The van der Waals surface area contributed by atoms with Crippen molar-refractivity contribution in [2.45, 2.75) is 27.3 Å². The first-order valence-corrected chi connectivity index (χ1v) is 6.12. The topological polar surface area (TPSA) is 24.9 Å². The van der Waals surface area contributed by atoms with Gasteiger partial charge in [-0.25, -0.2) is 4.98 Å². The molecule has 0 aliphatic carbocycles. The molecule has 0 saturated carbocycles. The van der Waals surface area contributed by atoms with E-state index in [0.717, 1.165) is 23.8 Å².